The smallest absolute Gasteiger partial charge is 0.255 e. The monoisotopic (exact) mass is 391 g/mol. The van der Waals surface area contributed by atoms with Crippen molar-refractivity contribution in [3.63, 3.8) is 0 Å². The molecule has 27 heavy (non-hydrogen) atoms. The molecule has 0 saturated carbocycles. The molecule has 0 aromatic heterocycles. The van der Waals surface area contributed by atoms with Gasteiger partial charge < -0.3 is 10.2 Å². The zero-order valence-corrected chi connectivity index (χ0v) is 15.2. The molecule has 0 radical (unpaired) electrons. The Balaban J connectivity index is 1.78. The summed E-state index contributed by atoms with van der Waals surface area (Å²) in [5, 5.41) is 2.54. The van der Waals surface area contributed by atoms with Gasteiger partial charge in [-0.2, -0.15) is 4.31 Å². The van der Waals surface area contributed by atoms with Gasteiger partial charge in [-0.1, -0.05) is 12.1 Å². The number of hydrogen-bond donors (Lipinski definition) is 1. The van der Waals surface area contributed by atoms with Crippen LogP contribution in [-0.4, -0.2) is 56.1 Å². The van der Waals surface area contributed by atoms with Crippen molar-refractivity contribution in [1.82, 2.24) is 9.21 Å². The molecule has 1 saturated heterocycles. The number of nitrogens with one attached hydrogen (secondary N) is 1. The lowest BCUT2D eigenvalue weighted by Gasteiger charge is -2.31. The minimum absolute atomic E-state index is 0.00561. The molecule has 1 N–H and O–H groups in total. The van der Waals surface area contributed by atoms with E-state index in [1.54, 1.807) is 0 Å². The number of benzene rings is 2. The van der Waals surface area contributed by atoms with Gasteiger partial charge in [-0.15, -0.1) is 0 Å². The summed E-state index contributed by atoms with van der Waals surface area (Å²) in [5.74, 6) is -1.03. The maximum Gasteiger partial charge on any atom is 0.255 e. The van der Waals surface area contributed by atoms with Crippen molar-refractivity contribution in [2.75, 3.05) is 31.5 Å². The predicted octanol–water partition coefficient (Wildman–Crippen LogP) is 1.54. The zero-order valence-electron chi connectivity index (χ0n) is 14.3. The van der Waals surface area contributed by atoms with E-state index in [2.05, 4.69) is 5.32 Å². The fourth-order valence-corrected chi connectivity index (χ4v) is 4.23. The third-order valence-electron chi connectivity index (χ3n) is 4.24. The standard InChI is InChI=1S/C18H18FN3O4S/c19-15-4-2-5-16(12-15)20-18(24)14-3-1-6-17(11-14)27(25,26)22-9-7-21(13-23)8-10-22/h1-6,11-13H,7-10H2,(H,20,24). The number of halogens is 1. The molecule has 1 fully saturated rings. The van der Waals surface area contributed by atoms with E-state index < -0.39 is 21.7 Å². The second-order valence-corrected chi connectivity index (χ2v) is 7.98. The molecule has 9 heteroatoms. The van der Waals surface area contributed by atoms with Crippen LogP contribution >= 0.6 is 0 Å². The number of rotatable bonds is 5. The zero-order chi connectivity index (χ0) is 19.4. The van der Waals surface area contributed by atoms with E-state index in [1.807, 2.05) is 0 Å². The quantitative estimate of drug-likeness (QED) is 0.784. The summed E-state index contributed by atoms with van der Waals surface area (Å²) < 4.78 is 40.1. The first kappa shape index (κ1) is 19.0. The van der Waals surface area contributed by atoms with Gasteiger partial charge in [0.2, 0.25) is 16.4 Å². The molecule has 2 aromatic rings. The van der Waals surface area contributed by atoms with E-state index in [1.165, 1.54) is 57.7 Å². The first-order valence-corrected chi connectivity index (χ1v) is 9.70. The number of amides is 2. The lowest BCUT2D eigenvalue weighted by molar-refractivity contribution is -0.119. The first-order chi connectivity index (χ1) is 12.9. The van der Waals surface area contributed by atoms with Gasteiger partial charge in [0.1, 0.15) is 5.82 Å². The normalized spacial score (nSPS) is 15.4. The average molecular weight is 391 g/mol. The minimum Gasteiger partial charge on any atom is -0.343 e. The fourth-order valence-electron chi connectivity index (χ4n) is 2.77. The molecule has 1 heterocycles. The van der Waals surface area contributed by atoms with Crippen LogP contribution in [0.5, 0.6) is 0 Å². The number of sulfonamides is 1. The van der Waals surface area contributed by atoms with Crippen LogP contribution < -0.4 is 5.32 Å². The van der Waals surface area contributed by atoms with Crippen molar-refractivity contribution in [2.24, 2.45) is 0 Å². The van der Waals surface area contributed by atoms with E-state index in [-0.39, 0.29) is 29.2 Å². The van der Waals surface area contributed by atoms with Crippen LogP contribution in [-0.2, 0) is 14.8 Å². The molecular formula is C18H18FN3O4S. The Bertz CT molecular complexity index is 957. The Morgan fingerprint density at radius 2 is 1.74 bits per heavy atom. The SMILES string of the molecule is O=CN1CCN(S(=O)(=O)c2cccc(C(=O)Nc3cccc(F)c3)c2)CC1. The van der Waals surface area contributed by atoms with Crippen molar-refractivity contribution < 1.29 is 22.4 Å². The van der Waals surface area contributed by atoms with Gasteiger partial charge in [0, 0.05) is 37.4 Å². The van der Waals surface area contributed by atoms with Crippen molar-refractivity contribution in [3.8, 4) is 0 Å². The highest BCUT2D eigenvalue weighted by Gasteiger charge is 2.28. The van der Waals surface area contributed by atoms with Crippen LogP contribution in [0.2, 0.25) is 0 Å². The van der Waals surface area contributed by atoms with E-state index in [4.69, 9.17) is 0 Å². The number of anilines is 1. The van der Waals surface area contributed by atoms with Crippen molar-refractivity contribution in [3.05, 3.63) is 59.9 Å². The average Bonchev–Trinajstić information content (AvgIpc) is 2.68. The van der Waals surface area contributed by atoms with Crippen LogP contribution in [0, 0.1) is 5.82 Å². The highest BCUT2D eigenvalue weighted by molar-refractivity contribution is 7.89. The number of hydrogen-bond acceptors (Lipinski definition) is 4. The van der Waals surface area contributed by atoms with E-state index in [9.17, 15) is 22.4 Å². The highest BCUT2D eigenvalue weighted by atomic mass is 32.2. The summed E-state index contributed by atoms with van der Waals surface area (Å²) in [6.45, 7) is 1.03. The van der Waals surface area contributed by atoms with E-state index in [0.29, 0.717) is 19.5 Å². The van der Waals surface area contributed by atoms with E-state index in [0.717, 1.165) is 0 Å². The molecule has 0 spiro atoms. The highest BCUT2D eigenvalue weighted by Crippen LogP contribution is 2.19. The van der Waals surface area contributed by atoms with Crippen molar-refractivity contribution in [1.29, 1.82) is 0 Å². The van der Waals surface area contributed by atoms with Crippen LogP contribution in [0.1, 0.15) is 10.4 Å². The summed E-state index contributed by atoms with van der Waals surface area (Å²) >= 11 is 0. The number of piperazine rings is 1. The molecule has 1 aliphatic rings. The minimum atomic E-state index is -3.78. The fraction of sp³-hybridized carbons (Fsp3) is 0.222. The molecule has 2 aromatic carbocycles. The molecule has 1 aliphatic heterocycles. The maximum absolute atomic E-state index is 13.2. The third kappa shape index (κ3) is 4.32. The van der Waals surface area contributed by atoms with Crippen molar-refractivity contribution >= 4 is 28.0 Å². The Labute approximate surface area is 156 Å². The second kappa shape index (κ2) is 7.85. The summed E-state index contributed by atoms with van der Waals surface area (Å²) in [6, 6.07) is 11.1. The molecule has 0 unspecified atom stereocenters. The maximum atomic E-state index is 13.2. The lowest BCUT2D eigenvalue weighted by Crippen LogP contribution is -2.47. The molecule has 0 aliphatic carbocycles. The van der Waals surface area contributed by atoms with Gasteiger partial charge in [-0.3, -0.25) is 9.59 Å². The van der Waals surface area contributed by atoms with Crippen LogP contribution in [0.3, 0.4) is 0 Å². The molecule has 2 amide bonds. The molecular weight excluding hydrogens is 373 g/mol. The predicted molar refractivity (Wildman–Crippen MR) is 97.2 cm³/mol. The van der Waals surface area contributed by atoms with Gasteiger partial charge in [0.25, 0.3) is 5.91 Å². The Morgan fingerprint density at radius 3 is 2.41 bits per heavy atom. The van der Waals surface area contributed by atoms with Gasteiger partial charge in [0.15, 0.2) is 0 Å². The largest absolute Gasteiger partial charge is 0.343 e. The van der Waals surface area contributed by atoms with Gasteiger partial charge in [-0.25, -0.2) is 12.8 Å². The molecule has 3 rings (SSSR count). The summed E-state index contributed by atoms with van der Waals surface area (Å²) in [4.78, 5) is 24.6. The van der Waals surface area contributed by atoms with Gasteiger partial charge in [-0.05, 0) is 36.4 Å². The van der Waals surface area contributed by atoms with Gasteiger partial charge in [0.05, 0.1) is 4.90 Å². The topological polar surface area (TPSA) is 86.8 Å². The first-order valence-electron chi connectivity index (χ1n) is 8.26. The summed E-state index contributed by atoms with van der Waals surface area (Å²) in [7, 11) is -3.78. The van der Waals surface area contributed by atoms with Crippen molar-refractivity contribution in [2.45, 2.75) is 4.90 Å². The van der Waals surface area contributed by atoms with Crippen LogP contribution in [0.4, 0.5) is 10.1 Å². The Kier molecular flexibility index (Phi) is 5.52. The van der Waals surface area contributed by atoms with Gasteiger partial charge >= 0.3 is 0 Å². The molecule has 0 atom stereocenters. The Hall–Kier alpha value is -2.78. The number of nitrogens with zero attached hydrogens (tertiary/aromatic N) is 2. The number of carbonyl (C=O) groups is 2. The summed E-state index contributed by atoms with van der Waals surface area (Å²) in [5.41, 5.74) is 0.421. The van der Waals surface area contributed by atoms with E-state index >= 15 is 0 Å². The summed E-state index contributed by atoms with van der Waals surface area (Å²) in [6.07, 6.45) is 0.696. The van der Waals surface area contributed by atoms with Crippen LogP contribution in [0.15, 0.2) is 53.4 Å². The molecule has 142 valence electrons. The van der Waals surface area contributed by atoms with Crippen LogP contribution in [0.25, 0.3) is 0 Å². The number of carbonyl (C=O) groups excluding carboxylic acids is 2. The molecule has 0 bridgehead atoms. The Morgan fingerprint density at radius 1 is 1.04 bits per heavy atom. The third-order valence-corrected chi connectivity index (χ3v) is 6.13. The lowest BCUT2D eigenvalue weighted by atomic mass is 10.2. The molecule has 7 nitrogen and oxygen atoms in total. The second-order valence-electron chi connectivity index (χ2n) is 6.04.